The highest BCUT2D eigenvalue weighted by Crippen LogP contribution is 2.36. The summed E-state index contributed by atoms with van der Waals surface area (Å²) in [5.41, 5.74) is 0. The largest absolute Gasteiger partial charge is 0.508 e. The van der Waals surface area contributed by atoms with Crippen LogP contribution in [-0.4, -0.2) is 37.5 Å². The number of phenols is 1. The summed E-state index contributed by atoms with van der Waals surface area (Å²) in [7, 11) is 0. The quantitative estimate of drug-likeness (QED) is 0.356. The molecule has 0 unspecified atom stereocenters. The van der Waals surface area contributed by atoms with Crippen molar-refractivity contribution in [1.29, 1.82) is 0 Å². The van der Waals surface area contributed by atoms with Crippen LogP contribution in [0.1, 0.15) is 19.8 Å². The minimum Gasteiger partial charge on any atom is -0.508 e. The Morgan fingerprint density at radius 3 is 2.46 bits per heavy atom. The van der Waals surface area contributed by atoms with Crippen molar-refractivity contribution in [3.05, 3.63) is 33.3 Å². The summed E-state index contributed by atoms with van der Waals surface area (Å²) in [6.07, 6.45) is 2.94. The van der Waals surface area contributed by atoms with Crippen LogP contribution in [0.3, 0.4) is 0 Å². The first kappa shape index (κ1) is 20.9. The normalized spacial score (nSPS) is 11.4. The first-order valence-corrected chi connectivity index (χ1v) is 8.50. The molecule has 0 spiro atoms. The van der Waals surface area contributed by atoms with Gasteiger partial charge in [-0.05, 0) is 25.8 Å². The third-order valence-corrected chi connectivity index (χ3v) is 3.63. The molecule has 24 heavy (non-hydrogen) atoms. The summed E-state index contributed by atoms with van der Waals surface area (Å²) in [6.45, 7) is 3.11. The number of carbonyl (C=O) groups excluding carboxylic acids is 1. The van der Waals surface area contributed by atoms with Crippen molar-refractivity contribution < 1.29 is 24.1 Å². The molecule has 5 nitrogen and oxygen atoms in total. The molecule has 134 valence electrons. The SMILES string of the molecule is CCOC(=O)/C(Cl)=C/COCCCCOc1c(Cl)cc(O)cc1Cl. The Bertz CT molecular complexity index is 552. The molecular formula is C16H19Cl3O5. The molecule has 1 rings (SSSR count). The average Bonchev–Trinajstić information content (AvgIpc) is 2.51. The van der Waals surface area contributed by atoms with Crippen LogP contribution in [0.15, 0.2) is 23.2 Å². The van der Waals surface area contributed by atoms with Gasteiger partial charge in [0, 0.05) is 18.7 Å². The Kier molecular flexibility index (Phi) is 9.95. The molecule has 0 aromatic heterocycles. The molecule has 0 heterocycles. The predicted octanol–water partition coefficient (Wildman–Crippen LogP) is 4.56. The van der Waals surface area contributed by atoms with Gasteiger partial charge in [-0.15, -0.1) is 0 Å². The standard InChI is InChI=1S/C16H19Cl3O5/c1-2-23-16(21)12(17)5-8-22-6-3-4-7-24-15-13(18)9-11(20)10-14(15)19/h5,9-10,20H,2-4,6-8H2,1H3/b12-5-. The van der Waals surface area contributed by atoms with Gasteiger partial charge in [0.05, 0.1) is 29.9 Å². The summed E-state index contributed by atoms with van der Waals surface area (Å²) in [6, 6.07) is 2.73. The van der Waals surface area contributed by atoms with E-state index in [1.54, 1.807) is 6.92 Å². The second kappa shape index (κ2) is 11.4. The van der Waals surface area contributed by atoms with E-state index in [4.69, 9.17) is 49.0 Å². The van der Waals surface area contributed by atoms with Crippen LogP contribution in [-0.2, 0) is 14.3 Å². The van der Waals surface area contributed by atoms with Gasteiger partial charge in [0.25, 0.3) is 0 Å². The Labute approximate surface area is 156 Å². The second-order valence-corrected chi connectivity index (χ2v) is 5.86. The molecule has 0 saturated carbocycles. The van der Waals surface area contributed by atoms with E-state index in [0.29, 0.717) is 19.0 Å². The van der Waals surface area contributed by atoms with Gasteiger partial charge >= 0.3 is 5.97 Å². The van der Waals surface area contributed by atoms with Crippen molar-refractivity contribution in [2.24, 2.45) is 0 Å². The zero-order valence-electron chi connectivity index (χ0n) is 13.2. The Balaban J connectivity index is 2.17. The molecule has 1 aromatic carbocycles. The van der Waals surface area contributed by atoms with E-state index in [1.165, 1.54) is 18.2 Å². The summed E-state index contributed by atoms with van der Waals surface area (Å²) in [4.78, 5) is 11.2. The van der Waals surface area contributed by atoms with Crippen molar-refractivity contribution in [2.75, 3.05) is 26.4 Å². The summed E-state index contributed by atoms with van der Waals surface area (Å²) >= 11 is 17.6. The van der Waals surface area contributed by atoms with Gasteiger partial charge in [0.1, 0.15) is 10.8 Å². The molecule has 0 aliphatic carbocycles. The number of aromatic hydroxyl groups is 1. The fraction of sp³-hybridized carbons (Fsp3) is 0.438. The number of rotatable bonds is 10. The van der Waals surface area contributed by atoms with Crippen LogP contribution in [0.25, 0.3) is 0 Å². The highest BCUT2D eigenvalue weighted by Gasteiger charge is 2.09. The molecule has 8 heteroatoms. The Hall–Kier alpha value is -1.14. The molecule has 1 aromatic rings. The first-order valence-electron chi connectivity index (χ1n) is 7.37. The van der Waals surface area contributed by atoms with Crippen LogP contribution in [0.4, 0.5) is 0 Å². The maximum absolute atomic E-state index is 11.2. The van der Waals surface area contributed by atoms with E-state index in [-0.39, 0.29) is 34.0 Å². The van der Waals surface area contributed by atoms with E-state index in [1.807, 2.05) is 0 Å². The number of benzene rings is 1. The van der Waals surface area contributed by atoms with Crippen molar-refractivity contribution >= 4 is 40.8 Å². The van der Waals surface area contributed by atoms with Crippen LogP contribution in [0.5, 0.6) is 11.5 Å². The number of ether oxygens (including phenoxy) is 3. The highest BCUT2D eigenvalue weighted by atomic mass is 35.5. The number of esters is 1. The van der Waals surface area contributed by atoms with E-state index in [2.05, 4.69) is 0 Å². The van der Waals surface area contributed by atoms with Crippen LogP contribution < -0.4 is 4.74 Å². The number of halogens is 3. The smallest absolute Gasteiger partial charge is 0.349 e. The number of hydrogen-bond donors (Lipinski definition) is 1. The van der Waals surface area contributed by atoms with E-state index >= 15 is 0 Å². The lowest BCUT2D eigenvalue weighted by molar-refractivity contribution is -0.137. The van der Waals surface area contributed by atoms with Gasteiger partial charge in [0.2, 0.25) is 0 Å². The van der Waals surface area contributed by atoms with Crippen LogP contribution in [0.2, 0.25) is 10.0 Å². The van der Waals surface area contributed by atoms with Crippen molar-refractivity contribution in [3.8, 4) is 11.5 Å². The minimum atomic E-state index is -0.557. The maximum Gasteiger partial charge on any atom is 0.349 e. The van der Waals surface area contributed by atoms with E-state index in [9.17, 15) is 9.90 Å². The fourth-order valence-electron chi connectivity index (χ4n) is 1.66. The van der Waals surface area contributed by atoms with Gasteiger partial charge in [-0.1, -0.05) is 34.8 Å². The zero-order valence-corrected chi connectivity index (χ0v) is 15.5. The summed E-state index contributed by atoms with van der Waals surface area (Å²) in [5, 5.41) is 9.86. The lowest BCUT2D eigenvalue weighted by Gasteiger charge is -2.10. The molecule has 0 bridgehead atoms. The topological polar surface area (TPSA) is 65.0 Å². The monoisotopic (exact) mass is 396 g/mol. The first-order chi connectivity index (χ1) is 11.5. The van der Waals surface area contributed by atoms with Gasteiger partial charge in [-0.2, -0.15) is 0 Å². The Morgan fingerprint density at radius 1 is 1.21 bits per heavy atom. The maximum atomic E-state index is 11.2. The van der Waals surface area contributed by atoms with Crippen molar-refractivity contribution in [2.45, 2.75) is 19.8 Å². The van der Waals surface area contributed by atoms with E-state index < -0.39 is 5.97 Å². The summed E-state index contributed by atoms with van der Waals surface area (Å²) in [5.74, 6) is -0.222. The molecule has 0 radical (unpaired) electrons. The van der Waals surface area contributed by atoms with Crippen LogP contribution >= 0.6 is 34.8 Å². The molecule has 0 atom stereocenters. The van der Waals surface area contributed by atoms with Gasteiger partial charge in [0.15, 0.2) is 5.75 Å². The molecule has 0 aliphatic heterocycles. The zero-order chi connectivity index (χ0) is 17.9. The van der Waals surface area contributed by atoms with Gasteiger partial charge in [-0.25, -0.2) is 4.79 Å². The third kappa shape index (κ3) is 7.62. The average molecular weight is 398 g/mol. The molecule has 0 fully saturated rings. The third-order valence-electron chi connectivity index (χ3n) is 2.76. The fourth-order valence-corrected chi connectivity index (χ4v) is 2.37. The van der Waals surface area contributed by atoms with Crippen LogP contribution in [0, 0.1) is 0 Å². The summed E-state index contributed by atoms with van der Waals surface area (Å²) < 4.78 is 15.6. The lowest BCUT2D eigenvalue weighted by Crippen LogP contribution is -2.05. The van der Waals surface area contributed by atoms with Gasteiger partial charge in [-0.3, -0.25) is 0 Å². The number of unbranched alkanes of at least 4 members (excludes halogenated alkanes) is 1. The highest BCUT2D eigenvalue weighted by molar-refractivity contribution is 6.41. The Morgan fingerprint density at radius 2 is 1.83 bits per heavy atom. The molecule has 1 N–H and O–H groups in total. The lowest BCUT2D eigenvalue weighted by atomic mass is 10.3. The number of phenolic OH excluding ortho intramolecular Hbond substituents is 1. The molecule has 0 amide bonds. The van der Waals surface area contributed by atoms with Gasteiger partial charge < -0.3 is 19.3 Å². The van der Waals surface area contributed by atoms with Crippen molar-refractivity contribution in [3.63, 3.8) is 0 Å². The molecule has 0 aliphatic rings. The predicted molar refractivity (Wildman–Crippen MR) is 94.2 cm³/mol. The molecular weight excluding hydrogens is 379 g/mol. The van der Waals surface area contributed by atoms with Crippen molar-refractivity contribution in [1.82, 2.24) is 0 Å². The second-order valence-electron chi connectivity index (χ2n) is 4.64. The minimum absolute atomic E-state index is 0.0109. The number of hydrogen-bond acceptors (Lipinski definition) is 5. The molecule has 0 saturated heterocycles. The number of carbonyl (C=O) groups is 1. The van der Waals surface area contributed by atoms with E-state index in [0.717, 1.165) is 12.8 Å².